The first-order valence-corrected chi connectivity index (χ1v) is 7.96. The molecule has 1 saturated heterocycles. The Hall–Kier alpha value is -1.06. The topological polar surface area (TPSA) is 38.5 Å². The summed E-state index contributed by atoms with van der Waals surface area (Å²) in [6.45, 7) is 2.45. The largest absolute Gasteiger partial charge is 0.497 e. The molecule has 1 fully saturated rings. The number of fused-ring (bicyclic) bond motifs is 1. The van der Waals surface area contributed by atoms with Crippen LogP contribution in [0.15, 0.2) is 18.2 Å². The molecule has 1 aliphatic heterocycles. The van der Waals surface area contributed by atoms with Crippen molar-refractivity contribution >= 4 is 0 Å². The average molecular weight is 274 g/mol. The third kappa shape index (κ3) is 2.70. The molecule has 1 heterocycles. The minimum absolute atomic E-state index is 0.155. The Morgan fingerprint density at radius 1 is 1.15 bits per heavy atom. The van der Waals surface area contributed by atoms with Gasteiger partial charge in [-0.1, -0.05) is 18.9 Å². The summed E-state index contributed by atoms with van der Waals surface area (Å²) in [5, 5.41) is 0. The van der Waals surface area contributed by atoms with E-state index >= 15 is 0 Å². The van der Waals surface area contributed by atoms with Crippen LogP contribution in [0.5, 0.6) is 5.75 Å². The summed E-state index contributed by atoms with van der Waals surface area (Å²) in [5.41, 5.74) is 9.28. The van der Waals surface area contributed by atoms with Crippen molar-refractivity contribution in [1.82, 2.24) is 4.90 Å². The van der Waals surface area contributed by atoms with Crippen molar-refractivity contribution in [2.75, 3.05) is 20.2 Å². The van der Waals surface area contributed by atoms with E-state index in [-0.39, 0.29) is 6.04 Å². The van der Waals surface area contributed by atoms with Gasteiger partial charge in [0.1, 0.15) is 5.75 Å². The predicted octanol–water partition coefficient (Wildman–Crippen LogP) is 2.89. The highest BCUT2D eigenvalue weighted by Crippen LogP contribution is 2.34. The van der Waals surface area contributed by atoms with E-state index in [0.717, 1.165) is 12.2 Å². The summed E-state index contributed by atoms with van der Waals surface area (Å²) in [4.78, 5) is 2.64. The third-order valence-electron chi connectivity index (χ3n) is 4.94. The molecule has 0 saturated carbocycles. The molecule has 3 nitrogen and oxygen atoms in total. The molecule has 2 aliphatic rings. The molecule has 1 aromatic carbocycles. The summed E-state index contributed by atoms with van der Waals surface area (Å²) >= 11 is 0. The van der Waals surface area contributed by atoms with E-state index in [1.165, 1.54) is 56.3 Å². The second-order valence-corrected chi connectivity index (χ2v) is 6.15. The fraction of sp³-hybridized carbons (Fsp3) is 0.647. The van der Waals surface area contributed by atoms with Gasteiger partial charge in [0.2, 0.25) is 0 Å². The molecule has 3 rings (SSSR count). The monoisotopic (exact) mass is 274 g/mol. The second-order valence-electron chi connectivity index (χ2n) is 6.15. The number of methoxy groups -OCH3 is 1. The molecule has 0 aromatic heterocycles. The van der Waals surface area contributed by atoms with Crippen LogP contribution in [0.4, 0.5) is 0 Å². The van der Waals surface area contributed by atoms with Crippen LogP contribution in [0, 0.1) is 0 Å². The highest BCUT2D eigenvalue weighted by atomic mass is 16.5. The van der Waals surface area contributed by atoms with Crippen molar-refractivity contribution < 1.29 is 4.74 Å². The van der Waals surface area contributed by atoms with Crippen molar-refractivity contribution in [1.29, 1.82) is 0 Å². The summed E-state index contributed by atoms with van der Waals surface area (Å²) in [7, 11) is 1.73. The van der Waals surface area contributed by atoms with Gasteiger partial charge in [0, 0.05) is 12.1 Å². The first kappa shape index (κ1) is 13.9. The number of likely N-dealkylation sites (tertiary alicyclic amines) is 1. The Morgan fingerprint density at radius 2 is 1.90 bits per heavy atom. The Kier molecular flexibility index (Phi) is 4.27. The van der Waals surface area contributed by atoms with Crippen molar-refractivity contribution in [3.8, 4) is 5.75 Å². The van der Waals surface area contributed by atoms with Gasteiger partial charge in [-0.15, -0.1) is 0 Å². The smallest absolute Gasteiger partial charge is 0.119 e. The van der Waals surface area contributed by atoms with Crippen LogP contribution < -0.4 is 10.5 Å². The van der Waals surface area contributed by atoms with Gasteiger partial charge in [-0.25, -0.2) is 0 Å². The van der Waals surface area contributed by atoms with E-state index in [9.17, 15) is 0 Å². The first-order valence-electron chi connectivity index (χ1n) is 7.96. The van der Waals surface area contributed by atoms with Crippen LogP contribution >= 0.6 is 0 Å². The van der Waals surface area contributed by atoms with Crippen molar-refractivity contribution in [3.05, 3.63) is 29.3 Å². The number of benzene rings is 1. The molecule has 110 valence electrons. The standard InChI is InChI=1S/C17H26N2O/c1-20-14-7-8-15-13(12-14)6-9-16(17(15)18)19-10-4-2-3-5-11-19/h7-8,12,16-17H,2-6,9-11,18H2,1H3. The number of rotatable bonds is 2. The molecule has 2 unspecified atom stereocenters. The summed E-state index contributed by atoms with van der Waals surface area (Å²) in [5.74, 6) is 0.948. The van der Waals surface area contributed by atoms with Crippen LogP contribution in [-0.2, 0) is 6.42 Å². The minimum atomic E-state index is 0.155. The molecule has 1 aromatic rings. The molecule has 0 bridgehead atoms. The number of ether oxygens (including phenoxy) is 1. The van der Waals surface area contributed by atoms with E-state index in [2.05, 4.69) is 17.0 Å². The van der Waals surface area contributed by atoms with E-state index in [1.54, 1.807) is 7.11 Å². The van der Waals surface area contributed by atoms with Gasteiger partial charge in [-0.05, 0) is 62.0 Å². The van der Waals surface area contributed by atoms with E-state index < -0.39 is 0 Å². The van der Waals surface area contributed by atoms with Gasteiger partial charge in [0.25, 0.3) is 0 Å². The molecule has 3 heteroatoms. The number of nitrogens with two attached hydrogens (primary N) is 1. The lowest BCUT2D eigenvalue weighted by molar-refractivity contribution is 0.160. The van der Waals surface area contributed by atoms with Crippen molar-refractivity contribution in [3.63, 3.8) is 0 Å². The van der Waals surface area contributed by atoms with Gasteiger partial charge in [0.05, 0.1) is 7.11 Å². The molecule has 20 heavy (non-hydrogen) atoms. The number of hydrogen-bond donors (Lipinski definition) is 1. The molecule has 2 N–H and O–H groups in total. The Morgan fingerprint density at radius 3 is 2.60 bits per heavy atom. The summed E-state index contributed by atoms with van der Waals surface area (Å²) in [6, 6.07) is 7.05. The van der Waals surface area contributed by atoms with Crippen LogP contribution in [0.1, 0.15) is 49.3 Å². The van der Waals surface area contributed by atoms with Crippen LogP contribution in [0.2, 0.25) is 0 Å². The maximum Gasteiger partial charge on any atom is 0.119 e. The second kappa shape index (κ2) is 6.15. The zero-order chi connectivity index (χ0) is 13.9. The molecule has 0 amide bonds. The normalized spacial score (nSPS) is 27.7. The lowest BCUT2D eigenvalue weighted by Crippen LogP contribution is -2.45. The van der Waals surface area contributed by atoms with Crippen LogP contribution in [0.3, 0.4) is 0 Å². The maximum atomic E-state index is 6.58. The van der Waals surface area contributed by atoms with Crippen molar-refractivity contribution in [2.24, 2.45) is 5.73 Å². The predicted molar refractivity (Wildman–Crippen MR) is 82.1 cm³/mol. The summed E-state index contributed by atoms with van der Waals surface area (Å²) < 4.78 is 5.32. The minimum Gasteiger partial charge on any atom is -0.497 e. The average Bonchev–Trinajstić information content (AvgIpc) is 2.76. The van der Waals surface area contributed by atoms with E-state index in [1.807, 2.05) is 6.07 Å². The van der Waals surface area contributed by atoms with Crippen LogP contribution in [0.25, 0.3) is 0 Å². The quantitative estimate of drug-likeness (QED) is 0.901. The number of nitrogens with zero attached hydrogens (tertiary/aromatic N) is 1. The Balaban J connectivity index is 1.79. The first-order chi connectivity index (χ1) is 9.79. The third-order valence-corrected chi connectivity index (χ3v) is 4.94. The Labute approximate surface area is 122 Å². The lowest BCUT2D eigenvalue weighted by atomic mass is 9.83. The van der Waals surface area contributed by atoms with Crippen molar-refractivity contribution in [2.45, 2.75) is 50.6 Å². The number of hydrogen-bond acceptors (Lipinski definition) is 3. The van der Waals surface area contributed by atoms with Gasteiger partial charge >= 0.3 is 0 Å². The zero-order valence-corrected chi connectivity index (χ0v) is 12.5. The Bertz CT molecular complexity index is 452. The van der Waals surface area contributed by atoms with Crippen LogP contribution in [-0.4, -0.2) is 31.1 Å². The molecule has 1 aliphatic carbocycles. The fourth-order valence-corrected chi connectivity index (χ4v) is 3.78. The van der Waals surface area contributed by atoms with Gasteiger partial charge in [-0.3, -0.25) is 4.90 Å². The maximum absolute atomic E-state index is 6.58. The number of aryl methyl sites for hydroxylation is 1. The van der Waals surface area contributed by atoms with Gasteiger partial charge in [-0.2, -0.15) is 0 Å². The van der Waals surface area contributed by atoms with E-state index in [4.69, 9.17) is 10.5 Å². The fourth-order valence-electron chi connectivity index (χ4n) is 3.78. The highest BCUT2D eigenvalue weighted by Gasteiger charge is 2.31. The molecule has 2 atom stereocenters. The lowest BCUT2D eigenvalue weighted by Gasteiger charge is -2.39. The molecular weight excluding hydrogens is 248 g/mol. The summed E-state index contributed by atoms with van der Waals surface area (Å²) in [6.07, 6.45) is 7.73. The molecular formula is C17H26N2O. The highest BCUT2D eigenvalue weighted by molar-refractivity contribution is 5.40. The van der Waals surface area contributed by atoms with E-state index in [0.29, 0.717) is 6.04 Å². The SMILES string of the molecule is COc1ccc2c(c1)CCC(N1CCCCCC1)C2N. The van der Waals surface area contributed by atoms with Gasteiger partial charge in [0.15, 0.2) is 0 Å². The van der Waals surface area contributed by atoms with Gasteiger partial charge < -0.3 is 10.5 Å². The zero-order valence-electron chi connectivity index (χ0n) is 12.5. The molecule has 0 radical (unpaired) electrons. The molecule has 0 spiro atoms.